The molecule has 1 saturated heterocycles. The first-order valence-electron chi connectivity index (χ1n) is 9.95. The van der Waals surface area contributed by atoms with Crippen molar-refractivity contribution in [3.05, 3.63) is 23.8 Å². The molecule has 1 aromatic rings. The minimum Gasteiger partial charge on any atom is -0.486 e. The van der Waals surface area contributed by atoms with Gasteiger partial charge in [-0.3, -0.25) is 4.79 Å². The van der Waals surface area contributed by atoms with Gasteiger partial charge in [0.15, 0.2) is 11.5 Å². The van der Waals surface area contributed by atoms with Gasteiger partial charge in [-0.05, 0) is 31.0 Å². The van der Waals surface area contributed by atoms with E-state index in [0.29, 0.717) is 62.5 Å². The molecule has 3 amide bonds. The van der Waals surface area contributed by atoms with E-state index in [2.05, 4.69) is 5.32 Å². The van der Waals surface area contributed by atoms with Crippen molar-refractivity contribution >= 4 is 11.9 Å². The summed E-state index contributed by atoms with van der Waals surface area (Å²) in [4.78, 5) is 28.9. The van der Waals surface area contributed by atoms with Gasteiger partial charge in [0.1, 0.15) is 13.2 Å². The molecule has 0 atom stereocenters. The molecule has 27 heavy (non-hydrogen) atoms. The van der Waals surface area contributed by atoms with Crippen LogP contribution in [0.3, 0.4) is 0 Å². The maximum absolute atomic E-state index is 12.8. The summed E-state index contributed by atoms with van der Waals surface area (Å²) in [5.74, 6) is 1.28. The molecule has 1 saturated carbocycles. The molecule has 0 unspecified atom stereocenters. The fourth-order valence-corrected chi connectivity index (χ4v) is 3.98. The van der Waals surface area contributed by atoms with E-state index in [-0.39, 0.29) is 11.9 Å². The highest BCUT2D eigenvalue weighted by molar-refractivity contribution is 5.95. The van der Waals surface area contributed by atoms with E-state index < -0.39 is 0 Å². The van der Waals surface area contributed by atoms with Crippen molar-refractivity contribution in [1.29, 1.82) is 0 Å². The molecule has 1 N–H and O–H groups in total. The fraction of sp³-hybridized carbons (Fsp3) is 0.600. The predicted molar refractivity (Wildman–Crippen MR) is 100 cm³/mol. The lowest BCUT2D eigenvalue weighted by molar-refractivity contribution is 0.0661. The summed E-state index contributed by atoms with van der Waals surface area (Å²) in [5.41, 5.74) is 0.597. The van der Waals surface area contributed by atoms with Crippen LogP contribution in [0.5, 0.6) is 11.5 Å². The van der Waals surface area contributed by atoms with Gasteiger partial charge in [0.25, 0.3) is 5.91 Å². The monoisotopic (exact) mass is 373 g/mol. The molecular formula is C20H27N3O4. The molecule has 1 aromatic carbocycles. The summed E-state index contributed by atoms with van der Waals surface area (Å²) in [5, 5.41) is 3.15. The molecule has 4 rings (SSSR count). The van der Waals surface area contributed by atoms with Gasteiger partial charge in [0.05, 0.1) is 0 Å². The van der Waals surface area contributed by atoms with Crippen molar-refractivity contribution < 1.29 is 19.1 Å². The smallest absolute Gasteiger partial charge is 0.317 e. The van der Waals surface area contributed by atoms with Crippen molar-refractivity contribution in [2.45, 2.75) is 38.1 Å². The number of fused-ring (bicyclic) bond motifs is 1. The molecule has 146 valence electrons. The van der Waals surface area contributed by atoms with Crippen molar-refractivity contribution in [2.75, 3.05) is 39.4 Å². The molecule has 0 bridgehead atoms. The van der Waals surface area contributed by atoms with Crippen LogP contribution in [0.15, 0.2) is 18.2 Å². The number of ether oxygens (including phenoxy) is 2. The largest absolute Gasteiger partial charge is 0.486 e. The van der Waals surface area contributed by atoms with Crippen LogP contribution < -0.4 is 14.8 Å². The molecule has 2 fully saturated rings. The van der Waals surface area contributed by atoms with Gasteiger partial charge in [-0.15, -0.1) is 0 Å². The van der Waals surface area contributed by atoms with Gasteiger partial charge in [-0.1, -0.05) is 19.3 Å². The van der Waals surface area contributed by atoms with Gasteiger partial charge in [-0.25, -0.2) is 4.79 Å². The summed E-state index contributed by atoms with van der Waals surface area (Å²) >= 11 is 0. The molecule has 7 heteroatoms. The summed E-state index contributed by atoms with van der Waals surface area (Å²) in [6.45, 7) is 3.25. The van der Waals surface area contributed by atoms with Gasteiger partial charge < -0.3 is 24.6 Å². The van der Waals surface area contributed by atoms with Gasteiger partial charge in [0.2, 0.25) is 0 Å². The highest BCUT2D eigenvalue weighted by Crippen LogP contribution is 2.31. The second-order valence-corrected chi connectivity index (χ2v) is 7.42. The molecule has 0 radical (unpaired) electrons. The Hall–Kier alpha value is -2.44. The molecule has 1 aliphatic carbocycles. The fourth-order valence-electron chi connectivity index (χ4n) is 3.98. The normalized spacial score (nSPS) is 20.3. The Kier molecular flexibility index (Phi) is 5.36. The van der Waals surface area contributed by atoms with E-state index in [1.807, 2.05) is 4.90 Å². The maximum Gasteiger partial charge on any atom is 0.317 e. The Balaban J connectivity index is 1.30. The number of carbonyl (C=O) groups is 2. The molecule has 2 heterocycles. The topological polar surface area (TPSA) is 71.1 Å². The number of carbonyl (C=O) groups excluding carboxylic acids is 2. The predicted octanol–water partition coefficient (Wildman–Crippen LogP) is 2.26. The number of hydrogen-bond donors (Lipinski definition) is 1. The average molecular weight is 373 g/mol. The van der Waals surface area contributed by atoms with Crippen LogP contribution in [0.4, 0.5) is 4.79 Å². The van der Waals surface area contributed by atoms with E-state index in [1.165, 1.54) is 19.3 Å². The zero-order valence-electron chi connectivity index (χ0n) is 15.6. The Morgan fingerprint density at radius 3 is 2.30 bits per heavy atom. The van der Waals surface area contributed by atoms with Crippen LogP contribution in [-0.2, 0) is 0 Å². The van der Waals surface area contributed by atoms with Crippen LogP contribution in [0.2, 0.25) is 0 Å². The van der Waals surface area contributed by atoms with Crippen molar-refractivity contribution in [1.82, 2.24) is 15.1 Å². The Labute approximate surface area is 159 Å². The molecule has 0 spiro atoms. The summed E-state index contributed by atoms with van der Waals surface area (Å²) in [6, 6.07) is 5.63. The molecule has 7 nitrogen and oxygen atoms in total. The highest BCUT2D eigenvalue weighted by atomic mass is 16.6. The zero-order chi connectivity index (χ0) is 18.6. The first-order chi connectivity index (χ1) is 13.2. The molecular weight excluding hydrogens is 346 g/mol. The zero-order valence-corrected chi connectivity index (χ0v) is 15.6. The maximum atomic E-state index is 12.8. The van der Waals surface area contributed by atoms with Gasteiger partial charge in [-0.2, -0.15) is 0 Å². The Morgan fingerprint density at radius 1 is 0.889 bits per heavy atom. The van der Waals surface area contributed by atoms with Gasteiger partial charge in [0, 0.05) is 37.8 Å². The lowest BCUT2D eigenvalue weighted by atomic mass is 9.96. The summed E-state index contributed by atoms with van der Waals surface area (Å²) in [6.07, 6.45) is 5.82. The number of rotatable bonds is 2. The standard InChI is InChI=1S/C20H27N3O4/c24-19(15-6-7-17-18(14-15)27-13-12-26-17)22-8-10-23(11-9-22)20(25)21-16-4-2-1-3-5-16/h6-7,14,16H,1-5,8-13H2,(H,21,25). The van der Waals surface area contributed by atoms with E-state index in [4.69, 9.17) is 9.47 Å². The molecule has 2 aliphatic heterocycles. The molecule has 0 aromatic heterocycles. The lowest BCUT2D eigenvalue weighted by Crippen LogP contribution is -2.54. The van der Waals surface area contributed by atoms with Crippen LogP contribution in [0, 0.1) is 0 Å². The van der Waals surface area contributed by atoms with E-state index in [0.717, 1.165) is 12.8 Å². The Bertz CT molecular complexity index is 694. The quantitative estimate of drug-likeness (QED) is 0.863. The average Bonchev–Trinajstić information content (AvgIpc) is 2.73. The second-order valence-electron chi connectivity index (χ2n) is 7.42. The minimum atomic E-state index is -0.0284. The third-order valence-electron chi connectivity index (χ3n) is 5.58. The number of nitrogens with one attached hydrogen (secondary N) is 1. The van der Waals surface area contributed by atoms with Crippen molar-refractivity contribution in [2.24, 2.45) is 0 Å². The van der Waals surface area contributed by atoms with E-state index >= 15 is 0 Å². The first kappa shape index (κ1) is 17.9. The van der Waals surface area contributed by atoms with E-state index in [9.17, 15) is 9.59 Å². The van der Waals surface area contributed by atoms with Crippen molar-refractivity contribution in [3.8, 4) is 11.5 Å². The number of urea groups is 1. The number of amides is 3. The number of piperazine rings is 1. The van der Waals surface area contributed by atoms with Crippen LogP contribution in [-0.4, -0.2) is 67.2 Å². The van der Waals surface area contributed by atoms with Crippen LogP contribution >= 0.6 is 0 Å². The van der Waals surface area contributed by atoms with E-state index in [1.54, 1.807) is 23.1 Å². The van der Waals surface area contributed by atoms with Crippen molar-refractivity contribution in [3.63, 3.8) is 0 Å². The lowest BCUT2D eigenvalue weighted by Gasteiger charge is -2.36. The SMILES string of the molecule is O=C(NC1CCCCC1)N1CCN(C(=O)c2ccc3c(c2)OCCO3)CC1. The Morgan fingerprint density at radius 2 is 1.56 bits per heavy atom. The summed E-state index contributed by atoms with van der Waals surface area (Å²) in [7, 11) is 0. The summed E-state index contributed by atoms with van der Waals surface area (Å²) < 4.78 is 11.1. The van der Waals surface area contributed by atoms with Gasteiger partial charge >= 0.3 is 6.03 Å². The van der Waals surface area contributed by atoms with Crippen LogP contribution in [0.25, 0.3) is 0 Å². The number of benzene rings is 1. The third-order valence-corrected chi connectivity index (χ3v) is 5.58. The second kappa shape index (κ2) is 8.06. The third kappa shape index (κ3) is 4.12. The highest BCUT2D eigenvalue weighted by Gasteiger charge is 2.27. The minimum absolute atomic E-state index is 0.00771. The first-order valence-corrected chi connectivity index (χ1v) is 9.95. The van der Waals surface area contributed by atoms with Crippen LogP contribution in [0.1, 0.15) is 42.5 Å². The number of nitrogens with zero attached hydrogens (tertiary/aromatic N) is 2. The number of hydrogen-bond acceptors (Lipinski definition) is 4. The molecule has 3 aliphatic rings.